The summed E-state index contributed by atoms with van der Waals surface area (Å²) in [6.45, 7) is 0. The number of benzene rings is 1. The van der Waals surface area contributed by atoms with Crippen molar-refractivity contribution in [3.8, 4) is 0 Å². The number of aliphatic carboxylic acids is 1. The van der Waals surface area contributed by atoms with Crippen LogP contribution in [0.1, 0.15) is 17.2 Å². The molecule has 2 bridgehead atoms. The van der Waals surface area contributed by atoms with Crippen molar-refractivity contribution >= 4 is 5.97 Å². The minimum absolute atomic E-state index is 0.178. The van der Waals surface area contributed by atoms with Gasteiger partial charge in [-0.2, -0.15) is 0 Å². The van der Waals surface area contributed by atoms with Crippen molar-refractivity contribution in [2.75, 3.05) is 0 Å². The molecule has 70 valence electrons. The van der Waals surface area contributed by atoms with Gasteiger partial charge in [-0.05, 0) is 11.6 Å². The second-order valence-electron chi connectivity index (χ2n) is 3.53. The van der Waals surface area contributed by atoms with Gasteiger partial charge in [-0.1, -0.05) is 30.3 Å². The summed E-state index contributed by atoms with van der Waals surface area (Å²) in [5.41, 5.74) is 0.513. The number of carboxylic acid groups (broad SMARTS) is 1. The summed E-state index contributed by atoms with van der Waals surface area (Å²) < 4.78 is 5.48. The highest BCUT2D eigenvalue weighted by atomic mass is 16.5. The molecule has 0 aliphatic carbocycles. The summed E-state index contributed by atoms with van der Waals surface area (Å²) >= 11 is 0. The molecule has 2 atom stereocenters. The van der Waals surface area contributed by atoms with Crippen molar-refractivity contribution in [1.29, 1.82) is 0 Å². The van der Waals surface area contributed by atoms with E-state index in [1.807, 2.05) is 24.3 Å². The Kier molecular flexibility index (Phi) is 1.25. The van der Waals surface area contributed by atoms with Gasteiger partial charge in [0.2, 0.25) is 5.60 Å². The van der Waals surface area contributed by atoms with Gasteiger partial charge >= 0.3 is 5.97 Å². The summed E-state index contributed by atoms with van der Waals surface area (Å²) in [5, 5.41) is 9.16. The Morgan fingerprint density at radius 2 is 2.21 bits per heavy atom. The first-order valence-electron chi connectivity index (χ1n) is 4.44. The molecule has 3 rings (SSSR count). The van der Waals surface area contributed by atoms with Gasteiger partial charge in [0.05, 0.1) is 0 Å². The third kappa shape index (κ3) is 0.692. The van der Waals surface area contributed by atoms with E-state index in [-0.39, 0.29) is 6.10 Å². The molecule has 0 fully saturated rings. The van der Waals surface area contributed by atoms with Crippen molar-refractivity contribution in [3.05, 3.63) is 47.5 Å². The summed E-state index contributed by atoms with van der Waals surface area (Å²) in [4.78, 5) is 11.2. The molecule has 2 aliphatic heterocycles. The van der Waals surface area contributed by atoms with Crippen molar-refractivity contribution < 1.29 is 14.6 Å². The molecule has 0 unspecified atom stereocenters. The molecule has 1 aromatic rings. The smallest absolute Gasteiger partial charge is 0.344 e. The summed E-state index contributed by atoms with van der Waals surface area (Å²) in [6, 6.07) is 7.45. The normalized spacial score (nSPS) is 31.9. The van der Waals surface area contributed by atoms with Crippen molar-refractivity contribution in [2.24, 2.45) is 0 Å². The Bertz CT molecular complexity index is 450. The van der Waals surface area contributed by atoms with Crippen LogP contribution in [0, 0.1) is 0 Å². The van der Waals surface area contributed by atoms with E-state index in [9.17, 15) is 4.79 Å². The van der Waals surface area contributed by atoms with Crippen LogP contribution in [0.2, 0.25) is 0 Å². The van der Waals surface area contributed by atoms with Crippen LogP contribution in [-0.2, 0) is 15.1 Å². The molecular weight excluding hydrogens is 180 g/mol. The first-order chi connectivity index (χ1) is 6.74. The molecule has 3 heteroatoms. The van der Waals surface area contributed by atoms with E-state index in [0.29, 0.717) is 0 Å². The number of carbonyl (C=O) groups is 1. The highest BCUT2D eigenvalue weighted by Gasteiger charge is 2.52. The highest BCUT2D eigenvalue weighted by molar-refractivity contribution is 5.85. The summed E-state index contributed by atoms with van der Waals surface area (Å²) in [5.74, 6) is -0.943. The van der Waals surface area contributed by atoms with E-state index >= 15 is 0 Å². The Balaban J connectivity index is 2.28. The van der Waals surface area contributed by atoms with Crippen LogP contribution in [0.15, 0.2) is 36.4 Å². The molecule has 0 amide bonds. The fourth-order valence-corrected chi connectivity index (χ4v) is 2.14. The van der Waals surface area contributed by atoms with Crippen LogP contribution in [-0.4, -0.2) is 11.1 Å². The highest BCUT2D eigenvalue weighted by Crippen LogP contribution is 2.50. The van der Waals surface area contributed by atoms with Gasteiger partial charge in [0.15, 0.2) is 0 Å². The lowest BCUT2D eigenvalue weighted by atomic mass is 9.87. The average Bonchev–Trinajstić information content (AvgIpc) is 2.75. The maximum Gasteiger partial charge on any atom is 0.344 e. The number of ether oxygens (including phenoxy) is 1. The predicted molar refractivity (Wildman–Crippen MR) is 48.7 cm³/mol. The van der Waals surface area contributed by atoms with Gasteiger partial charge in [0.1, 0.15) is 6.10 Å². The van der Waals surface area contributed by atoms with Crippen LogP contribution < -0.4 is 0 Å². The maximum atomic E-state index is 11.2. The number of hydrogen-bond acceptors (Lipinski definition) is 2. The van der Waals surface area contributed by atoms with E-state index < -0.39 is 11.6 Å². The average molecular weight is 188 g/mol. The lowest BCUT2D eigenvalue weighted by Crippen LogP contribution is -2.31. The largest absolute Gasteiger partial charge is 0.479 e. The van der Waals surface area contributed by atoms with Gasteiger partial charge in [-0.15, -0.1) is 0 Å². The first kappa shape index (κ1) is 7.76. The zero-order valence-electron chi connectivity index (χ0n) is 7.31. The van der Waals surface area contributed by atoms with E-state index in [4.69, 9.17) is 9.84 Å². The van der Waals surface area contributed by atoms with Gasteiger partial charge in [0, 0.05) is 5.56 Å². The summed E-state index contributed by atoms with van der Waals surface area (Å²) in [7, 11) is 0. The monoisotopic (exact) mass is 188 g/mol. The fraction of sp³-hybridized carbons (Fsp3) is 0.182. The maximum absolute atomic E-state index is 11.2. The van der Waals surface area contributed by atoms with Crippen LogP contribution in [0.5, 0.6) is 0 Å². The van der Waals surface area contributed by atoms with Gasteiger partial charge in [0.25, 0.3) is 0 Å². The minimum atomic E-state index is -1.22. The van der Waals surface area contributed by atoms with Crippen LogP contribution >= 0.6 is 0 Å². The van der Waals surface area contributed by atoms with E-state index in [0.717, 1.165) is 11.1 Å². The number of carboxylic acids is 1. The molecule has 3 nitrogen and oxygen atoms in total. The first-order valence-corrected chi connectivity index (χ1v) is 4.44. The molecular formula is C11H8O3. The molecule has 0 saturated carbocycles. The van der Waals surface area contributed by atoms with Crippen LogP contribution in [0.4, 0.5) is 0 Å². The van der Waals surface area contributed by atoms with Gasteiger partial charge < -0.3 is 9.84 Å². The van der Waals surface area contributed by atoms with E-state index in [1.54, 1.807) is 12.2 Å². The SMILES string of the molecule is O=C(O)[C@@]12C=C[C@@H](O1)c1ccccc12. The molecule has 0 spiro atoms. The Morgan fingerprint density at radius 3 is 3.00 bits per heavy atom. The summed E-state index contributed by atoms with van der Waals surface area (Å²) in [6.07, 6.45) is 3.25. The third-order valence-electron chi connectivity index (χ3n) is 2.80. The number of rotatable bonds is 1. The van der Waals surface area contributed by atoms with E-state index in [2.05, 4.69) is 0 Å². The minimum Gasteiger partial charge on any atom is -0.479 e. The fourth-order valence-electron chi connectivity index (χ4n) is 2.14. The zero-order valence-corrected chi connectivity index (χ0v) is 7.31. The quantitative estimate of drug-likeness (QED) is 0.681. The van der Waals surface area contributed by atoms with Crippen molar-refractivity contribution in [3.63, 3.8) is 0 Å². The number of fused-ring (bicyclic) bond motifs is 5. The predicted octanol–water partition coefficient (Wildman–Crippen LogP) is 1.61. The third-order valence-corrected chi connectivity index (χ3v) is 2.80. The van der Waals surface area contributed by atoms with Gasteiger partial charge in [-0.3, -0.25) is 0 Å². The lowest BCUT2D eigenvalue weighted by molar-refractivity contribution is -0.158. The van der Waals surface area contributed by atoms with E-state index in [1.165, 1.54) is 0 Å². The molecule has 2 aliphatic rings. The molecule has 0 radical (unpaired) electrons. The Morgan fingerprint density at radius 1 is 1.43 bits per heavy atom. The van der Waals surface area contributed by atoms with Gasteiger partial charge in [-0.25, -0.2) is 4.79 Å². The van der Waals surface area contributed by atoms with Crippen molar-refractivity contribution in [2.45, 2.75) is 11.7 Å². The number of hydrogen-bond donors (Lipinski definition) is 1. The lowest BCUT2D eigenvalue weighted by Gasteiger charge is -2.18. The zero-order chi connectivity index (χ0) is 9.76. The standard InChI is InChI=1S/C11H8O3/c12-10(13)11-6-5-9(14-11)7-3-1-2-4-8(7)11/h1-6,9H,(H,12,13)/t9-,11+/m1/s1. The second kappa shape index (κ2) is 2.25. The molecule has 14 heavy (non-hydrogen) atoms. The molecule has 0 aromatic heterocycles. The molecule has 2 heterocycles. The molecule has 0 saturated heterocycles. The topological polar surface area (TPSA) is 46.5 Å². The van der Waals surface area contributed by atoms with Crippen LogP contribution in [0.25, 0.3) is 0 Å². The Labute approximate surface area is 80.6 Å². The van der Waals surface area contributed by atoms with Crippen LogP contribution in [0.3, 0.4) is 0 Å². The van der Waals surface area contributed by atoms with Crippen molar-refractivity contribution in [1.82, 2.24) is 0 Å². The Hall–Kier alpha value is -1.61. The second-order valence-corrected chi connectivity index (χ2v) is 3.53. The molecule has 1 N–H and O–H groups in total. The molecule has 1 aromatic carbocycles.